The molecule has 139 heavy (non-hydrogen) atoms. The zero-order valence-electron chi connectivity index (χ0n) is 85.6. The minimum atomic E-state index is -0.935. The molecular formula is C125H141Ir4N8O2-5. The molecule has 4 aromatic heterocycles. The van der Waals surface area contributed by atoms with Gasteiger partial charge in [-0.25, -0.2) is 0 Å². The maximum Gasteiger partial charge on any atom is 0.247 e. The molecule has 14 heteroatoms. The van der Waals surface area contributed by atoms with Gasteiger partial charge in [0.2, 0.25) is 5.97 Å². The van der Waals surface area contributed by atoms with E-state index in [1.165, 1.54) is 187 Å². The summed E-state index contributed by atoms with van der Waals surface area (Å²) in [4.78, 5) is 28.6. The Hall–Kier alpha value is -10.5. The van der Waals surface area contributed by atoms with E-state index in [4.69, 9.17) is 10.1 Å². The van der Waals surface area contributed by atoms with Crippen LogP contribution in [0.2, 0.25) is 0 Å². The Morgan fingerprint density at radius 1 is 0.324 bits per heavy atom. The molecule has 0 aliphatic rings. The van der Waals surface area contributed by atoms with Gasteiger partial charge in [-0.2, -0.15) is 0 Å². The van der Waals surface area contributed by atoms with E-state index in [0.29, 0.717) is 11.8 Å². The number of nitrogens with zero attached hydrogens (tertiary/aromatic N) is 8. The van der Waals surface area contributed by atoms with Crippen LogP contribution in [0.3, 0.4) is 0 Å². The van der Waals surface area contributed by atoms with Gasteiger partial charge in [-0.1, -0.05) is 246 Å². The van der Waals surface area contributed by atoms with Crippen molar-refractivity contribution in [3.63, 3.8) is 0 Å². The van der Waals surface area contributed by atoms with Crippen LogP contribution in [0, 0.1) is 82.7 Å². The maximum atomic E-state index is 10.2. The Balaban J connectivity index is 0.000000232. The first-order valence-corrected chi connectivity index (χ1v) is 48.7. The summed E-state index contributed by atoms with van der Waals surface area (Å²) in [6.45, 7) is 50.2. The number of carbonyl (C=O) groups is 1. The van der Waals surface area contributed by atoms with Crippen LogP contribution < -0.4 is 0 Å². The quantitative estimate of drug-likeness (QED) is 0.0387. The van der Waals surface area contributed by atoms with Crippen molar-refractivity contribution in [2.24, 2.45) is 10.8 Å². The average Bonchev–Trinajstić information content (AvgIpc) is 1.54. The van der Waals surface area contributed by atoms with Gasteiger partial charge >= 0.3 is 0 Å². The van der Waals surface area contributed by atoms with Crippen molar-refractivity contribution in [3.8, 4) is 102 Å². The summed E-state index contributed by atoms with van der Waals surface area (Å²) < 4.78 is 8.80. The molecule has 0 amide bonds. The number of hydrogen-bond donors (Lipinski definition) is 1. The minimum Gasteiger partial charge on any atom is -0.521 e. The van der Waals surface area contributed by atoms with Crippen LogP contribution in [-0.2, 0) is 104 Å². The van der Waals surface area contributed by atoms with Crippen LogP contribution in [0.1, 0.15) is 264 Å². The van der Waals surface area contributed by atoms with Gasteiger partial charge in [0.05, 0.1) is 23.3 Å². The number of imidazole rings is 4. The first-order chi connectivity index (χ1) is 64.6. The number of aromatic carboxylic acids is 1. The molecular weight excluding hydrogens is 2410 g/mol. The zero-order valence-corrected chi connectivity index (χ0v) is 95.2. The van der Waals surface area contributed by atoms with Crippen molar-refractivity contribution in [1.82, 2.24) is 38.2 Å². The number of para-hydroxylation sites is 1. The molecule has 0 fully saturated rings. The van der Waals surface area contributed by atoms with Crippen LogP contribution in [0.5, 0.6) is 0 Å². The predicted molar refractivity (Wildman–Crippen MR) is 566 cm³/mol. The van der Waals surface area contributed by atoms with Crippen molar-refractivity contribution < 1.29 is 90.3 Å². The third kappa shape index (κ3) is 30.8. The summed E-state index contributed by atoms with van der Waals surface area (Å²) in [7, 11) is 0. The van der Waals surface area contributed by atoms with Crippen LogP contribution in [-0.4, -0.2) is 49.3 Å². The Kier molecular flexibility index (Phi) is 43.3. The van der Waals surface area contributed by atoms with E-state index in [1.54, 1.807) is 18.2 Å². The van der Waals surface area contributed by atoms with E-state index in [2.05, 4.69) is 374 Å². The molecule has 0 saturated carbocycles. The van der Waals surface area contributed by atoms with Gasteiger partial charge in [-0.05, 0) is 244 Å². The summed E-state index contributed by atoms with van der Waals surface area (Å²) in [6.07, 6.45) is 30.8. The van der Waals surface area contributed by atoms with Crippen molar-refractivity contribution in [2.45, 2.75) is 252 Å². The molecule has 734 valence electrons. The Bertz CT molecular complexity index is 6170. The average molecular weight is 2560 g/mol. The fourth-order valence-electron chi connectivity index (χ4n) is 19.5. The Labute approximate surface area is 886 Å². The number of benzene rings is 12. The van der Waals surface area contributed by atoms with E-state index in [0.717, 1.165) is 64.1 Å². The standard InChI is InChI=1S/C51H59N2.2C23H27N2.C21H23N2.C7H5O2.4Ir/c1-35-28-40(29-36(2)46(35)53-27-26-52-47(53)39-16-14-13-15-17-39)43-31-41(37-18-22-44(23-19-37)50(9,10)33-48(3,4)5)30-42(32-43)38-20-24-45(25-21-38)51(11,12)34-49(6,7)8;2*1-4-5-6-8-11-20-16-18(2)22(19(3)17-20)25-15-14-24-23(25)21-12-9-7-10-13-21;1-15(2)18-11-8-12-19(16(3)4)20(18)23-14-13-22-21(23)17-9-6-5-7-10-17;8-7(9)6-4-2-1-3-5-6;;;;/h13-16,18-32H,33-34H2,1-12H3;2*7,9-10,12,14-17H,4-6,8,11H2,1-3H3;5-9,11-16H,1-4H3;1-4H,(H,8,9);;;;/q5*-1;;;;. The van der Waals surface area contributed by atoms with E-state index in [1.807, 2.05) is 110 Å². The second kappa shape index (κ2) is 52.9. The molecule has 16 rings (SSSR count). The van der Waals surface area contributed by atoms with Gasteiger partial charge in [-0.15, -0.1) is 174 Å². The van der Waals surface area contributed by atoms with E-state index in [-0.39, 0.29) is 108 Å². The van der Waals surface area contributed by atoms with Crippen molar-refractivity contribution in [2.75, 3.05) is 0 Å². The Morgan fingerprint density at radius 3 is 0.863 bits per heavy atom. The number of rotatable bonds is 28. The second-order valence-corrected chi connectivity index (χ2v) is 40.7. The topological polar surface area (TPSA) is 109 Å². The molecule has 0 spiro atoms. The second-order valence-electron chi connectivity index (χ2n) is 40.7. The third-order valence-corrected chi connectivity index (χ3v) is 25.0. The fraction of sp³-hybridized carbons (Fsp3) is 0.320. The Morgan fingerprint density at radius 2 is 0.604 bits per heavy atom. The molecule has 10 nitrogen and oxygen atoms in total. The molecule has 12 aromatic carbocycles. The van der Waals surface area contributed by atoms with Gasteiger partial charge in [-0.3, -0.25) is 19.9 Å². The summed E-state index contributed by atoms with van der Waals surface area (Å²) in [5, 5.41) is 8.35. The SMILES string of the molecule is CC(C)c1cccc(C(C)C)c1-n1ccnc1-c1[c-]cccc1.CCCCCCc1cc(C)c(-n2ccnc2-c2[c-]cccc2)c(C)c1.CCCCCCc1cc(C)c(-n2ccnc2-c2[c-]cccc2)c(C)c1.Cc1cc(-c2cc(-c3ccc(C(C)(C)CC(C)(C)C)cc3)cc(-c3ccc(C(C)(C)CC(C)(C)C)cc3)c2)cc(C)c1-n1ccnc1-c1[c-]cccc1.O=C(O)c1[c-]cccc1.[Ir].[Ir].[Ir].[Ir]. The molecule has 4 radical (unpaired) electrons. The summed E-state index contributed by atoms with van der Waals surface area (Å²) in [6, 6.07) is 101. The molecule has 4 heterocycles. The minimum absolute atomic E-state index is 0. The van der Waals surface area contributed by atoms with Crippen LogP contribution >= 0.6 is 0 Å². The van der Waals surface area contributed by atoms with E-state index >= 15 is 0 Å². The first kappa shape index (κ1) is 114. The van der Waals surface area contributed by atoms with E-state index < -0.39 is 5.97 Å². The molecule has 1 N–H and O–H groups in total. The molecule has 0 aliphatic heterocycles. The monoisotopic (exact) mass is 2560 g/mol. The number of aryl methyl sites for hydroxylation is 8. The molecule has 0 unspecified atom stereocenters. The van der Waals surface area contributed by atoms with E-state index in [9.17, 15) is 4.79 Å². The molecule has 0 bridgehead atoms. The van der Waals surface area contributed by atoms with Crippen LogP contribution in [0.15, 0.2) is 292 Å². The third-order valence-electron chi connectivity index (χ3n) is 25.0. The molecule has 0 saturated heterocycles. The number of hydrogen-bond acceptors (Lipinski definition) is 5. The normalized spacial score (nSPS) is 11.3. The van der Waals surface area contributed by atoms with Crippen LogP contribution in [0.25, 0.3) is 102 Å². The maximum absolute atomic E-state index is 10.2. The summed E-state index contributed by atoms with van der Waals surface area (Å²) in [5.41, 5.74) is 33.2. The number of unbranched alkanes of at least 4 members (excludes halogenated alkanes) is 6. The van der Waals surface area contributed by atoms with Crippen molar-refractivity contribution in [1.29, 1.82) is 0 Å². The largest absolute Gasteiger partial charge is 0.521 e. The van der Waals surface area contributed by atoms with Gasteiger partial charge in [0.25, 0.3) is 0 Å². The molecule has 0 aliphatic carbocycles. The van der Waals surface area contributed by atoms with Crippen LogP contribution in [0.4, 0.5) is 0 Å². The number of carboxylic acid groups (broad SMARTS) is 1. The van der Waals surface area contributed by atoms with Crippen molar-refractivity contribution >= 4 is 5.97 Å². The van der Waals surface area contributed by atoms with Crippen molar-refractivity contribution in [3.05, 3.63) is 395 Å². The number of carboxylic acids is 1. The fourth-order valence-corrected chi connectivity index (χ4v) is 19.5. The molecule has 0 atom stereocenters. The van der Waals surface area contributed by atoms with Gasteiger partial charge in [0.15, 0.2) is 0 Å². The first-order valence-electron chi connectivity index (χ1n) is 48.7. The predicted octanol–water partition coefficient (Wildman–Crippen LogP) is 33.3. The zero-order chi connectivity index (χ0) is 96.7. The summed E-state index contributed by atoms with van der Waals surface area (Å²) in [5.74, 6) is 3.72. The summed E-state index contributed by atoms with van der Waals surface area (Å²) >= 11 is 0. The molecule has 16 aromatic rings. The van der Waals surface area contributed by atoms with Gasteiger partial charge < -0.3 is 28.2 Å². The smallest absolute Gasteiger partial charge is 0.247 e. The van der Waals surface area contributed by atoms with Gasteiger partial charge in [0.1, 0.15) is 0 Å². The van der Waals surface area contributed by atoms with Gasteiger partial charge in [0, 0.05) is 153 Å². The number of aromatic nitrogens is 8.